The molecule has 2 aromatic rings. The second-order valence-corrected chi connectivity index (χ2v) is 8.98. The molecular formula is C23H33Cl2N5O. The molecule has 2 aromatic heterocycles. The Labute approximate surface area is 196 Å². The van der Waals surface area contributed by atoms with Crippen LogP contribution in [0.15, 0.2) is 35.3 Å². The fraction of sp³-hybridized carbons (Fsp3) is 0.565. The van der Waals surface area contributed by atoms with Crippen molar-refractivity contribution >= 4 is 24.8 Å². The van der Waals surface area contributed by atoms with Crippen molar-refractivity contribution in [3.8, 4) is 0 Å². The summed E-state index contributed by atoms with van der Waals surface area (Å²) in [6.45, 7) is 10.8. The molecule has 0 aromatic carbocycles. The summed E-state index contributed by atoms with van der Waals surface area (Å²) in [7, 11) is 0. The molecule has 0 amide bonds. The number of rotatable bonds is 4. The molecule has 1 N–H and O–H groups in total. The van der Waals surface area contributed by atoms with Crippen LogP contribution in [-0.2, 0) is 19.6 Å². The third-order valence-corrected chi connectivity index (χ3v) is 6.94. The lowest BCUT2D eigenvalue weighted by atomic mass is 9.84. The first kappa shape index (κ1) is 24.2. The van der Waals surface area contributed by atoms with Gasteiger partial charge < -0.3 is 9.88 Å². The van der Waals surface area contributed by atoms with E-state index < -0.39 is 0 Å². The molecule has 5 rings (SSSR count). The smallest absolute Gasteiger partial charge is 0.255 e. The highest BCUT2D eigenvalue weighted by Crippen LogP contribution is 2.31. The van der Waals surface area contributed by atoms with E-state index >= 15 is 0 Å². The van der Waals surface area contributed by atoms with Crippen molar-refractivity contribution in [3.63, 3.8) is 0 Å². The van der Waals surface area contributed by atoms with E-state index in [1.54, 1.807) is 0 Å². The molecule has 0 saturated carbocycles. The lowest BCUT2D eigenvalue weighted by Gasteiger charge is -2.38. The van der Waals surface area contributed by atoms with Crippen LogP contribution in [0, 0.1) is 12.8 Å². The summed E-state index contributed by atoms with van der Waals surface area (Å²) in [5, 5.41) is 3.52. The predicted molar refractivity (Wildman–Crippen MR) is 128 cm³/mol. The lowest BCUT2D eigenvalue weighted by molar-refractivity contribution is 0.120. The summed E-state index contributed by atoms with van der Waals surface area (Å²) in [6.07, 6.45) is 3.11. The summed E-state index contributed by atoms with van der Waals surface area (Å²) >= 11 is 0. The minimum Gasteiger partial charge on any atom is -0.316 e. The van der Waals surface area contributed by atoms with Gasteiger partial charge in [0.2, 0.25) is 0 Å². The monoisotopic (exact) mass is 465 g/mol. The van der Waals surface area contributed by atoms with Crippen molar-refractivity contribution in [1.82, 2.24) is 24.7 Å². The number of piperidine rings is 1. The molecule has 170 valence electrons. The molecule has 0 unspecified atom stereocenters. The number of fused-ring (bicyclic) bond motifs is 4. The molecule has 3 aliphatic heterocycles. The number of hydrogen-bond donors (Lipinski definition) is 1. The van der Waals surface area contributed by atoms with Gasteiger partial charge in [0.05, 0.1) is 5.69 Å². The summed E-state index contributed by atoms with van der Waals surface area (Å²) in [6, 6.07) is 8.43. The average Bonchev–Trinajstić information content (AvgIpc) is 2.74. The van der Waals surface area contributed by atoms with E-state index in [0.717, 1.165) is 64.5 Å². The third-order valence-electron chi connectivity index (χ3n) is 6.94. The van der Waals surface area contributed by atoms with E-state index in [2.05, 4.69) is 49.8 Å². The van der Waals surface area contributed by atoms with E-state index in [1.165, 1.54) is 23.4 Å². The predicted octanol–water partition coefficient (Wildman–Crippen LogP) is 2.42. The van der Waals surface area contributed by atoms with E-state index in [1.807, 2.05) is 12.3 Å². The highest BCUT2D eigenvalue weighted by atomic mass is 35.5. The first-order valence-corrected chi connectivity index (χ1v) is 11.0. The van der Waals surface area contributed by atoms with Gasteiger partial charge in [0.1, 0.15) is 0 Å². The summed E-state index contributed by atoms with van der Waals surface area (Å²) in [5.74, 6) is 1.11. The van der Waals surface area contributed by atoms with Crippen LogP contribution in [-0.4, -0.2) is 58.6 Å². The number of halogens is 2. The van der Waals surface area contributed by atoms with Gasteiger partial charge >= 0.3 is 0 Å². The Kier molecular flexibility index (Phi) is 8.16. The van der Waals surface area contributed by atoms with E-state index in [-0.39, 0.29) is 30.4 Å². The molecule has 2 atom stereocenters. The molecular weight excluding hydrogens is 433 g/mol. The van der Waals surface area contributed by atoms with Crippen molar-refractivity contribution in [2.75, 3.05) is 39.3 Å². The summed E-state index contributed by atoms with van der Waals surface area (Å²) < 4.78 is 2.08. The highest BCUT2D eigenvalue weighted by molar-refractivity contribution is 5.85. The second kappa shape index (κ2) is 10.5. The van der Waals surface area contributed by atoms with Crippen LogP contribution in [0.3, 0.4) is 0 Å². The largest absolute Gasteiger partial charge is 0.316 e. The van der Waals surface area contributed by atoms with Gasteiger partial charge in [-0.1, -0.05) is 12.1 Å². The normalized spacial score (nSPS) is 23.4. The van der Waals surface area contributed by atoms with E-state index in [9.17, 15) is 4.79 Å². The van der Waals surface area contributed by atoms with Crippen LogP contribution in [0.1, 0.15) is 34.9 Å². The SMILES string of the molecule is Cc1cccnc1CN1CCN(Cc2ccc3n(c2=O)C[C@@H]2CNC[C@H]3C2)CC1.Cl.Cl. The number of piperazine rings is 1. The Hall–Kier alpha value is -1.44. The van der Waals surface area contributed by atoms with Gasteiger partial charge in [-0.3, -0.25) is 19.6 Å². The van der Waals surface area contributed by atoms with Crippen molar-refractivity contribution < 1.29 is 0 Å². The van der Waals surface area contributed by atoms with Crippen molar-refractivity contribution in [1.29, 1.82) is 0 Å². The molecule has 0 radical (unpaired) electrons. The van der Waals surface area contributed by atoms with Crippen LogP contribution in [0.5, 0.6) is 0 Å². The number of aryl methyl sites for hydroxylation is 1. The highest BCUT2D eigenvalue weighted by Gasteiger charge is 2.31. The Bertz CT molecular complexity index is 942. The molecule has 31 heavy (non-hydrogen) atoms. The number of nitrogens with zero attached hydrogens (tertiary/aromatic N) is 4. The Morgan fingerprint density at radius 2 is 1.77 bits per heavy atom. The Balaban J connectivity index is 0.00000136. The van der Waals surface area contributed by atoms with Gasteiger partial charge in [-0.15, -0.1) is 24.8 Å². The molecule has 2 fully saturated rings. The van der Waals surface area contributed by atoms with E-state index in [0.29, 0.717) is 11.8 Å². The Morgan fingerprint density at radius 1 is 1.03 bits per heavy atom. The number of hydrogen-bond acceptors (Lipinski definition) is 5. The number of nitrogens with one attached hydrogen (secondary N) is 1. The lowest BCUT2D eigenvalue weighted by Crippen LogP contribution is -2.47. The molecule has 3 aliphatic rings. The standard InChI is InChI=1S/C23H31N5O.2ClH/c1-17-3-2-6-25-21(17)16-27-9-7-26(8-10-27)15-19-4-5-22-20-11-18(12-24-13-20)14-28(22)23(19)29;;/h2-6,18,20,24H,7-16H2,1H3;2*1H/t18-,20+;;/m0../s1. The topological polar surface area (TPSA) is 53.4 Å². The zero-order valence-electron chi connectivity index (χ0n) is 18.1. The summed E-state index contributed by atoms with van der Waals surface area (Å²) in [4.78, 5) is 22.6. The zero-order chi connectivity index (χ0) is 19.8. The minimum atomic E-state index is 0. The van der Waals surface area contributed by atoms with Gasteiger partial charge in [0.25, 0.3) is 5.56 Å². The average molecular weight is 466 g/mol. The number of pyridine rings is 2. The van der Waals surface area contributed by atoms with Crippen molar-refractivity contribution in [3.05, 3.63) is 63.3 Å². The molecule has 6 nitrogen and oxygen atoms in total. The van der Waals surface area contributed by atoms with Crippen LogP contribution in [0.2, 0.25) is 0 Å². The fourth-order valence-electron chi connectivity index (χ4n) is 5.20. The molecule has 8 heteroatoms. The van der Waals surface area contributed by atoms with E-state index in [4.69, 9.17) is 0 Å². The first-order chi connectivity index (χ1) is 14.2. The maximum absolute atomic E-state index is 13.2. The number of aromatic nitrogens is 2. The van der Waals surface area contributed by atoms with Crippen LogP contribution in [0.4, 0.5) is 0 Å². The quantitative estimate of drug-likeness (QED) is 0.751. The minimum absolute atomic E-state index is 0. The zero-order valence-corrected chi connectivity index (χ0v) is 19.8. The molecule has 5 heterocycles. The van der Waals surface area contributed by atoms with Gasteiger partial charge in [-0.05, 0) is 43.5 Å². The van der Waals surface area contributed by atoms with Crippen molar-refractivity contribution in [2.24, 2.45) is 5.92 Å². The van der Waals surface area contributed by atoms with Gasteiger partial charge in [0.15, 0.2) is 0 Å². The fourth-order valence-corrected chi connectivity index (χ4v) is 5.20. The first-order valence-electron chi connectivity index (χ1n) is 11.0. The molecule has 0 aliphatic carbocycles. The van der Waals surface area contributed by atoms with Crippen LogP contribution in [0.25, 0.3) is 0 Å². The van der Waals surface area contributed by atoms with Crippen LogP contribution < -0.4 is 10.9 Å². The summed E-state index contributed by atoms with van der Waals surface area (Å²) in [5.41, 5.74) is 4.87. The van der Waals surface area contributed by atoms with Gasteiger partial charge in [0, 0.05) is 75.7 Å². The van der Waals surface area contributed by atoms with Crippen molar-refractivity contribution in [2.45, 2.75) is 38.9 Å². The van der Waals surface area contributed by atoms with Gasteiger partial charge in [-0.2, -0.15) is 0 Å². The molecule has 0 spiro atoms. The maximum Gasteiger partial charge on any atom is 0.255 e. The second-order valence-electron chi connectivity index (χ2n) is 8.98. The maximum atomic E-state index is 13.2. The Morgan fingerprint density at radius 3 is 2.52 bits per heavy atom. The van der Waals surface area contributed by atoms with Crippen LogP contribution >= 0.6 is 24.8 Å². The molecule has 2 bridgehead atoms. The third kappa shape index (κ3) is 5.15. The molecule has 2 saturated heterocycles. The van der Waals surface area contributed by atoms with Gasteiger partial charge in [-0.25, -0.2) is 0 Å².